The van der Waals surface area contributed by atoms with Crippen molar-refractivity contribution in [3.05, 3.63) is 35.1 Å². The summed E-state index contributed by atoms with van der Waals surface area (Å²) in [6.07, 6.45) is -4.55. The molecule has 1 heterocycles. The number of hydrogen-bond donors (Lipinski definition) is 0. The molecule has 5 heteroatoms. The topological polar surface area (TPSA) is 12.5 Å². The van der Waals surface area contributed by atoms with Crippen molar-refractivity contribution in [3.8, 4) is 0 Å². The number of alkyl halides is 3. The summed E-state index contributed by atoms with van der Waals surface area (Å²) in [4.78, 5) is 0. The number of rotatable bonds is 2. The predicted octanol–water partition coefficient (Wildman–Crippen LogP) is 2.79. The van der Waals surface area contributed by atoms with Gasteiger partial charge in [0, 0.05) is 6.42 Å². The summed E-state index contributed by atoms with van der Waals surface area (Å²) in [5, 5.41) is 0. The molecule has 15 heavy (non-hydrogen) atoms. The molecule has 0 amide bonds. The van der Waals surface area contributed by atoms with Gasteiger partial charge in [-0.1, -0.05) is 12.1 Å². The highest BCUT2D eigenvalue weighted by Crippen LogP contribution is 2.33. The quantitative estimate of drug-likeness (QED) is 0.551. The minimum Gasteiger partial charge on any atom is -0.373 e. The summed E-state index contributed by atoms with van der Waals surface area (Å²) in [5.41, 5.74) is -1.15. The Morgan fingerprint density at radius 1 is 1.33 bits per heavy atom. The van der Waals surface area contributed by atoms with Gasteiger partial charge >= 0.3 is 6.18 Å². The lowest BCUT2D eigenvalue weighted by Gasteiger charge is -2.10. The first-order valence-corrected chi connectivity index (χ1v) is 4.44. The number of halogens is 4. The Kier molecular flexibility index (Phi) is 2.42. The van der Waals surface area contributed by atoms with Gasteiger partial charge in [0.2, 0.25) is 0 Å². The molecule has 0 saturated carbocycles. The first kappa shape index (κ1) is 10.4. The zero-order valence-corrected chi connectivity index (χ0v) is 7.64. The van der Waals surface area contributed by atoms with Gasteiger partial charge in [0.15, 0.2) is 0 Å². The Bertz CT molecular complexity index is 368. The maximum Gasteiger partial charge on any atom is 0.419 e. The van der Waals surface area contributed by atoms with E-state index < -0.39 is 17.6 Å². The minimum absolute atomic E-state index is 0.0623. The van der Waals surface area contributed by atoms with Crippen LogP contribution in [0.25, 0.3) is 0 Å². The van der Waals surface area contributed by atoms with Gasteiger partial charge in [-0.05, 0) is 11.6 Å². The van der Waals surface area contributed by atoms with E-state index in [1.165, 1.54) is 12.1 Å². The highest BCUT2D eigenvalue weighted by molar-refractivity contribution is 5.29. The fourth-order valence-electron chi connectivity index (χ4n) is 1.39. The standard InChI is InChI=1S/C10H8F4O/c11-9-6(4-7-5-15-7)2-1-3-8(9)10(12,13)14/h1-3,7H,4-5H2. The molecular formula is C10H8F4O. The van der Waals surface area contributed by atoms with Crippen molar-refractivity contribution in [3.63, 3.8) is 0 Å². The fraction of sp³-hybridized carbons (Fsp3) is 0.400. The van der Waals surface area contributed by atoms with Crippen LogP contribution in [0.15, 0.2) is 18.2 Å². The second kappa shape index (κ2) is 3.48. The molecule has 0 N–H and O–H groups in total. The molecule has 1 nitrogen and oxygen atoms in total. The van der Waals surface area contributed by atoms with E-state index in [-0.39, 0.29) is 18.1 Å². The molecule has 82 valence electrons. The van der Waals surface area contributed by atoms with Gasteiger partial charge in [0.1, 0.15) is 5.82 Å². The first-order chi connectivity index (χ1) is 6.98. The van der Waals surface area contributed by atoms with Crippen LogP contribution in [0.5, 0.6) is 0 Å². The molecule has 1 atom stereocenters. The molecule has 0 radical (unpaired) electrons. The Morgan fingerprint density at radius 3 is 2.53 bits per heavy atom. The van der Waals surface area contributed by atoms with Gasteiger partial charge in [-0.15, -0.1) is 0 Å². The molecule has 0 bridgehead atoms. The smallest absolute Gasteiger partial charge is 0.373 e. The molecule has 0 aromatic heterocycles. The summed E-state index contributed by atoms with van der Waals surface area (Å²) in [6, 6.07) is 3.31. The lowest BCUT2D eigenvalue weighted by molar-refractivity contribution is -0.140. The van der Waals surface area contributed by atoms with Gasteiger partial charge in [0.05, 0.1) is 18.3 Å². The molecule has 0 spiro atoms. The summed E-state index contributed by atoms with van der Waals surface area (Å²) < 4.78 is 55.2. The van der Waals surface area contributed by atoms with Crippen molar-refractivity contribution in [2.75, 3.05) is 6.61 Å². The third-order valence-corrected chi connectivity index (χ3v) is 2.23. The number of benzene rings is 1. The Hall–Kier alpha value is -1.10. The van der Waals surface area contributed by atoms with Gasteiger partial charge in [-0.2, -0.15) is 13.2 Å². The van der Waals surface area contributed by atoms with Crippen molar-refractivity contribution in [1.82, 2.24) is 0 Å². The fourth-order valence-corrected chi connectivity index (χ4v) is 1.39. The first-order valence-electron chi connectivity index (χ1n) is 4.44. The van der Waals surface area contributed by atoms with E-state index >= 15 is 0 Å². The number of hydrogen-bond acceptors (Lipinski definition) is 1. The van der Waals surface area contributed by atoms with Gasteiger partial charge < -0.3 is 4.74 Å². The number of ether oxygens (including phenoxy) is 1. The SMILES string of the molecule is Fc1c(CC2CO2)cccc1C(F)(F)F. The zero-order chi connectivity index (χ0) is 11.1. The molecule has 1 fully saturated rings. The van der Waals surface area contributed by atoms with Gasteiger partial charge in [-0.3, -0.25) is 0 Å². The van der Waals surface area contributed by atoms with Crippen LogP contribution in [0.3, 0.4) is 0 Å². The second-order valence-electron chi connectivity index (χ2n) is 3.44. The largest absolute Gasteiger partial charge is 0.419 e. The van der Waals surface area contributed by atoms with Crippen molar-refractivity contribution in [1.29, 1.82) is 0 Å². The molecule has 1 saturated heterocycles. The maximum atomic E-state index is 13.4. The van der Waals surface area contributed by atoms with Crippen molar-refractivity contribution < 1.29 is 22.3 Å². The third-order valence-electron chi connectivity index (χ3n) is 2.23. The highest BCUT2D eigenvalue weighted by Gasteiger charge is 2.35. The highest BCUT2D eigenvalue weighted by atomic mass is 19.4. The van der Waals surface area contributed by atoms with Crippen LogP contribution in [0, 0.1) is 5.82 Å². The molecule has 0 aliphatic carbocycles. The van der Waals surface area contributed by atoms with Crippen LogP contribution in [0.1, 0.15) is 11.1 Å². The van der Waals surface area contributed by atoms with Crippen LogP contribution in [-0.2, 0) is 17.3 Å². The van der Waals surface area contributed by atoms with E-state index in [4.69, 9.17) is 4.74 Å². The molecule has 1 aromatic carbocycles. The van der Waals surface area contributed by atoms with Crippen LogP contribution < -0.4 is 0 Å². The summed E-state index contributed by atoms with van der Waals surface area (Å²) in [6.45, 7) is 0.496. The predicted molar refractivity (Wildman–Crippen MR) is 44.8 cm³/mol. The summed E-state index contributed by atoms with van der Waals surface area (Å²) in [5.74, 6) is -1.18. The monoisotopic (exact) mass is 220 g/mol. The second-order valence-corrected chi connectivity index (χ2v) is 3.44. The van der Waals surface area contributed by atoms with Crippen LogP contribution in [0.4, 0.5) is 17.6 Å². The molecule has 1 aliphatic rings. The van der Waals surface area contributed by atoms with Crippen molar-refractivity contribution in [2.45, 2.75) is 18.7 Å². The van der Waals surface area contributed by atoms with Gasteiger partial charge in [-0.25, -0.2) is 4.39 Å². The molecule has 1 aliphatic heterocycles. The van der Waals surface area contributed by atoms with Crippen LogP contribution >= 0.6 is 0 Å². The van der Waals surface area contributed by atoms with E-state index in [0.717, 1.165) is 6.07 Å². The number of epoxide rings is 1. The maximum absolute atomic E-state index is 13.4. The van der Waals surface area contributed by atoms with E-state index in [1.54, 1.807) is 0 Å². The summed E-state index contributed by atoms with van der Waals surface area (Å²) >= 11 is 0. The molecular weight excluding hydrogens is 212 g/mol. The molecule has 1 aromatic rings. The lowest BCUT2D eigenvalue weighted by Crippen LogP contribution is -2.10. The minimum atomic E-state index is -4.63. The zero-order valence-electron chi connectivity index (χ0n) is 7.64. The van der Waals surface area contributed by atoms with Crippen molar-refractivity contribution in [2.24, 2.45) is 0 Å². The van der Waals surface area contributed by atoms with E-state index in [0.29, 0.717) is 6.61 Å². The average Bonchev–Trinajstić information content (AvgIpc) is 2.90. The van der Waals surface area contributed by atoms with E-state index in [9.17, 15) is 17.6 Å². The van der Waals surface area contributed by atoms with Crippen molar-refractivity contribution >= 4 is 0 Å². The van der Waals surface area contributed by atoms with Crippen LogP contribution in [-0.4, -0.2) is 12.7 Å². The molecule has 1 unspecified atom stereocenters. The summed E-state index contributed by atoms with van der Waals surface area (Å²) in [7, 11) is 0. The third kappa shape index (κ3) is 2.28. The normalized spacial score (nSPS) is 20.4. The molecule has 2 rings (SSSR count). The van der Waals surface area contributed by atoms with Crippen LogP contribution in [0.2, 0.25) is 0 Å². The van der Waals surface area contributed by atoms with E-state index in [2.05, 4.69) is 0 Å². The van der Waals surface area contributed by atoms with Gasteiger partial charge in [0.25, 0.3) is 0 Å². The Morgan fingerprint density at radius 2 is 2.00 bits per heavy atom. The Balaban J connectivity index is 2.31. The average molecular weight is 220 g/mol. The Labute approximate surface area is 83.7 Å². The van der Waals surface area contributed by atoms with E-state index in [1.807, 2.05) is 0 Å². The lowest BCUT2D eigenvalue weighted by atomic mass is 10.1.